The van der Waals surface area contributed by atoms with Gasteiger partial charge >= 0.3 is 5.97 Å². The molecule has 19 heavy (non-hydrogen) atoms. The Balaban J connectivity index is 2.91. The van der Waals surface area contributed by atoms with E-state index in [-0.39, 0.29) is 12.6 Å². The molecule has 0 unspecified atom stereocenters. The molecule has 0 aromatic heterocycles. The fraction of sp³-hybridized carbons (Fsp3) is 0.500. The van der Waals surface area contributed by atoms with E-state index in [9.17, 15) is 4.79 Å². The summed E-state index contributed by atoms with van der Waals surface area (Å²) in [6.45, 7) is 4.05. The van der Waals surface area contributed by atoms with Gasteiger partial charge in [0.1, 0.15) is 6.61 Å². The number of benzene rings is 1. The number of hydrogen-bond acceptors (Lipinski definition) is 5. The third kappa shape index (κ3) is 3.61. The molecule has 5 nitrogen and oxygen atoms in total. The highest BCUT2D eigenvalue weighted by atomic mass is 16.5. The highest BCUT2D eigenvalue weighted by Crippen LogP contribution is 2.32. The van der Waals surface area contributed by atoms with Gasteiger partial charge in [-0.3, -0.25) is 4.79 Å². The van der Waals surface area contributed by atoms with Crippen molar-refractivity contribution in [2.24, 2.45) is 11.1 Å². The van der Waals surface area contributed by atoms with E-state index in [0.29, 0.717) is 18.0 Å². The number of nitrogens with two attached hydrogens (primary N) is 1. The third-order valence-corrected chi connectivity index (χ3v) is 2.82. The van der Waals surface area contributed by atoms with E-state index < -0.39 is 5.41 Å². The summed E-state index contributed by atoms with van der Waals surface area (Å²) in [4.78, 5) is 11.6. The maximum absolute atomic E-state index is 11.6. The average molecular weight is 267 g/mol. The van der Waals surface area contributed by atoms with Crippen LogP contribution in [0.15, 0.2) is 18.2 Å². The van der Waals surface area contributed by atoms with Gasteiger partial charge in [-0.15, -0.1) is 0 Å². The van der Waals surface area contributed by atoms with Gasteiger partial charge in [-0.05, 0) is 19.9 Å². The molecular formula is C14H21NO4. The van der Waals surface area contributed by atoms with Crippen molar-refractivity contribution in [2.75, 3.05) is 20.8 Å². The first-order chi connectivity index (χ1) is 8.96. The van der Waals surface area contributed by atoms with Crippen LogP contribution in [0.2, 0.25) is 0 Å². The van der Waals surface area contributed by atoms with Gasteiger partial charge in [0.15, 0.2) is 11.5 Å². The summed E-state index contributed by atoms with van der Waals surface area (Å²) < 4.78 is 15.7. The smallest absolute Gasteiger partial charge is 0.314 e. The number of methoxy groups -OCH3 is 2. The summed E-state index contributed by atoms with van der Waals surface area (Å²) in [5, 5.41) is 0. The highest BCUT2D eigenvalue weighted by Gasteiger charge is 2.30. The van der Waals surface area contributed by atoms with Gasteiger partial charge in [0, 0.05) is 12.1 Å². The molecule has 0 saturated heterocycles. The van der Waals surface area contributed by atoms with Crippen LogP contribution < -0.4 is 15.2 Å². The predicted octanol–water partition coefficient (Wildman–Crippen LogP) is 1.73. The van der Waals surface area contributed by atoms with Crippen molar-refractivity contribution in [1.82, 2.24) is 0 Å². The second kappa shape index (κ2) is 6.43. The van der Waals surface area contributed by atoms with Crippen molar-refractivity contribution >= 4 is 5.97 Å². The Hall–Kier alpha value is -1.75. The maximum Gasteiger partial charge on any atom is 0.314 e. The van der Waals surface area contributed by atoms with Crippen LogP contribution in [-0.4, -0.2) is 26.8 Å². The number of esters is 1. The normalized spacial score (nSPS) is 11.0. The van der Waals surface area contributed by atoms with Crippen LogP contribution in [0.3, 0.4) is 0 Å². The topological polar surface area (TPSA) is 70.8 Å². The Labute approximate surface area is 113 Å². The van der Waals surface area contributed by atoms with Gasteiger partial charge in [-0.25, -0.2) is 0 Å². The zero-order chi connectivity index (χ0) is 14.5. The lowest BCUT2D eigenvalue weighted by molar-refractivity contribution is -0.152. The van der Waals surface area contributed by atoms with Gasteiger partial charge < -0.3 is 19.9 Å². The van der Waals surface area contributed by atoms with Gasteiger partial charge in [0.25, 0.3) is 0 Å². The lowest BCUT2D eigenvalue weighted by atomic mass is 9.95. The Kier molecular flexibility index (Phi) is 5.18. The molecule has 0 aliphatic rings. The number of hydrogen-bond donors (Lipinski definition) is 1. The van der Waals surface area contributed by atoms with E-state index in [1.165, 1.54) is 7.11 Å². The van der Waals surface area contributed by atoms with Crippen LogP contribution in [0.5, 0.6) is 11.5 Å². The predicted molar refractivity (Wildman–Crippen MR) is 72.2 cm³/mol. The number of carbonyl (C=O) groups is 1. The minimum absolute atomic E-state index is 0.188. The molecule has 1 aromatic carbocycles. The lowest BCUT2D eigenvalue weighted by Gasteiger charge is -2.23. The van der Waals surface area contributed by atoms with Gasteiger partial charge in [0.05, 0.1) is 19.6 Å². The highest BCUT2D eigenvalue weighted by molar-refractivity contribution is 5.75. The van der Waals surface area contributed by atoms with Crippen molar-refractivity contribution in [3.05, 3.63) is 23.8 Å². The second-order valence-corrected chi connectivity index (χ2v) is 4.82. The summed E-state index contributed by atoms with van der Waals surface area (Å²) >= 11 is 0. The van der Waals surface area contributed by atoms with E-state index in [1.807, 2.05) is 12.1 Å². The van der Waals surface area contributed by atoms with Gasteiger partial charge in [0.2, 0.25) is 0 Å². The van der Waals surface area contributed by atoms with Crippen LogP contribution in [0.1, 0.15) is 19.4 Å². The number of carbonyl (C=O) groups excluding carboxylic acids is 1. The van der Waals surface area contributed by atoms with Crippen molar-refractivity contribution in [2.45, 2.75) is 20.4 Å². The molecule has 1 rings (SSSR count). The Morgan fingerprint density at radius 1 is 1.32 bits per heavy atom. The number of para-hydroxylation sites is 1. The van der Waals surface area contributed by atoms with Crippen LogP contribution in [0.25, 0.3) is 0 Å². The summed E-state index contributed by atoms with van der Waals surface area (Å²) in [7, 11) is 2.92. The summed E-state index contributed by atoms with van der Waals surface area (Å²) in [5.41, 5.74) is 5.77. The third-order valence-electron chi connectivity index (χ3n) is 2.82. The quantitative estimate of drug-likeness (QED) is 0.795. The number of rotatable bonds is 6. The van der Waals surface area contributed by atoms with Crippen molar-refractivity contribution in [3.63, 3.8) is 0 Å². The molecule has 2 N–H and O–H groups in total. The summed E-state index contributed by atoms with van der Waals surface area (Å²) in [5.74, 6) is 0.852. The molecule has 0 aliphatic carbocycles. The Morgan fingerprint density at radius 3 is 2.53 bits per heavy atom. The zero-order valence-electron chi connectivity index (χ0n) is 11.9. The van der Waals surface area contributed by atoms with E-state index in [0.717, 1.165) is 5.56 Å². The minimum Gasteiger partial charge on any atom is -0.493 e. The van der Waals surface area contributed by atoms with E-state index in [4.69, 9.17) is 19.9 Å². The molecule has 106 valence electrons. The molecule has 0 spiro atoms. The monoisotopic (exact) mass is 267 g/mol. The first-order valence-corrected chi connectivity index (χ1v) is 6.03. The second-order valence-electron chi connectivity index (χ2n) is 4.82. The standard InChI is InChI=1S/C14H21NO4/c1-14(2,13(16)18-4)9-19-12-10(8-15)6-5-7-11(12)17-3/h5-7H,8-9,15H2,1-4H3. The molecule has 0 saturated carbocycles. The van der Waals surface area contributed by atoms with Crippen LogP contribution in [-0.2, 0) is 16.1 Å². The fourth-order valence-corrected chi connectivity index (χ4v) is 1.63. The van der Waals surface area contributed by atoms with E-state index in [1.54, 1.807) is 27.0 Å². The molecule has 0 bridgehead atoms. The summed E-state index contributed by atoms with van der Waals surface area (Å²) in [6, 6.07) is 5.50. The van der Waals surface area contributed by atoms with Crippen molar-refractivity contribution in [3.8, 4) is 11.5 Å². The summed E-state index contributed by atoms with van der Waals surface area (Å²) in [6.07, 6.45) is 0. The van der Waals surface area contributed by atoms with E-state index >= 15 is 0 Å². The molecule has 0 aliphatic heterocycles. The van der Waals surface area contributed by atoms with Crippen LogP contribution >= 0.6 is 0 Å². The average Bonchev–Trinajstić information content (AvgIpc) is 2.43. The molecule has 0 heterocycles. The molecule has 1 aromatic rings. The van der Waals surface area contributed by atoms with Crippen LogP contribution in [0, 0.1) is 5.41 Å². The SMILES string of the molecule is COC(=O)C(C)(C)COc1c(CN)cccc1OC. The molecular weight excluding hydrogens is 246 g/mol. The van der Waals surface area contributed by atoms with E-state index in [2.05, 4.69) is 0 Å². The van der Waals surface area contributed by atoms with Crippen molar-refractivity contribution in [1.29, 1.82) is 0 Å². The van der Waals surface area contributed by atoms with Gasteiger partial charge in [-0.2, -0.15) is 0 Å². The first kappa shape index (κ1) is 15.3. The molecule has 0 atom stereocenters. The Bertz CT molecular complexity index is 421. The largest absolute Gasteiger partial charge is 0.493 e. The zero-order valence-corrected chi connectivity index (χ0v) is 11.9. The Morgan fingerprint density at radius 2 is 2.00 bits per heavy atom. The fourth-order valence-electron chi connectivity index (χ4n) is 1.63. The molecule has 0 amide bonds. The molecule has 5 heteroatoms. The lowest BCUT2D eigenvalue weighted by Crippen LogP contribution is -2.32. The minimum atomic E-state index is -0.735. The number of ether oxygens (including phenoxy) is 3. The molecule has 0 fully saturated rings. The maximum atomic E-state index is 11.6. The van der Waals surface area contributed by atoms with Gasteiger partial charge in [-0.1, -0.05) is 12.1 Å². The molecule has 0 radical (unpaired) electrons. The van der Waals surface area contributed by atoms with Crippen LogP contribution in [0.4, 0.5) is 0 Å². The van der Waals surface area contributed by atoms with Crippen molar-refractivity contribution < 1.29 is 19.0 Å². The first-order valence-electron chi connectivity index (χ1n) is 6.03.